The summed E-state index contributed by atoms with van der Waals surface area (Å²) in [5.41, 5.74) is 1.43. The zero-order valence-electron chi connectivity index (χ0n) is 8.86. The van der Waals surface area contributed by atoms with Crippen molar-refractivity contribution in [2.45, 2.75) is 25.7 Å². The van der Waals surface area contributed by atoms with E-state index in [-0.39, 0.29) is 0 Å². The molecule has 0 aliphatic rings. The van der Waals surface area contributed by atoms with Gasteiger partial charge in [0.05, 0.1) is 6.26 Å². The maximum Gasteiger partial charge on any atom is 0.103 e. The average Bonchev–Trinajstić information content (AvgIpc) is 2.79. The molecular formula is C14H16O. The van der Waals surface area contributed by atoms with Crippen molar-refractivity contribution in [3.63, 3.8) is 0 Å². The Bertz CT molecular complexity index is 362. The van der Waals surface area contributed by atoms with Gasteiger partial charge in [-0.2, -0.15) is 0 Å². The molecule has 0 amide bonds. The Kier molecular flexibility index (Phi) is 3.61. The van der Waals surface area contributed by atoms with Crippen molar-refractivity contribution in [3.05, 3.63) is 60.1 Å². The Hall–Kier alpha value is -1.50. The molecule has 0 radical (unpaired) electrons. The number of benzene rings is 1. The second kappa shape index (κ2) is 5.40. The summed E-state index contributed by atoms with van der Waals surface area (Å²) in [5, 5.41) is 0. The lowest BCUT2D eigenvalue weighted by Crippen LogP contribution is -1.87. The van der Waals surface area contributed by atoms with E-state index in [1.165, 1.54) is 24.8 Å². The largest absolute Gasteiger partial charge is 0.469 e. The van der Waals surface area contributed by atoms with E-state index >= 15 is 0 Å². The number of hydrogen-bond donors (Lipinski definition) is 0. The zero-order chi connectivity index (χ0) is 10.3. The van der Waals surface area contributed by atoms with Crippen LogP contribution in [0.4, 0.5) is 0 Å². The van der Waals surface area contributed by atoms with E-state index in [9.17, 15) is 0 Å². The first-order valence-corrected chi connectivity index (χ1v) is 5.51. The van der Waals surface area contributed by atoms with Crippen LogP contribution in [0.5, 0.6) is 0 Å². The number of hydrogen-bond acceptors (Lipinski definition) is 1. The summed E-state index contributed by atoms with van der Waals surface area (Å²) < 4.78 is 5.29. The van der Waals surface area contributed by atoms with E-state index in [0.29, 0.717) is 0 Å². The van der Waals surface area contributed by atoms with Crippen LogP contribution >= 0.6 is 0 Å². The van der Waals surface area contributed by atoms with Gasteiger partial charge in [0.2, 0.25) is 0 Å². The van der Waals surface area contributed by atoms with Crippen molar-refractivity contribution in [1.29, 1.82) is 0 Å². The van der Waals surface area contributed by atoms with Crippen molar-refractivity contribution in [1.82, 2.24) is 0 Å². The molecule has 1 nitrogen and oxygen atoms in total. The second-order valence-corrected chi connectivity index (χ2v) is 3.77. The molecule has 1 aromatic carbocycles. The van der Waals surface area contributed by atoms with E-state index in [4.69, 9.17) is 4.42 Å². The van der Waals surface area contributed by atoms with Crippen molar-refractivity contribution in [2.24, 2.45) is 0 Å². The lowest BCUT2D eigenvalue weighted by atomic mass is 10.1. The van der Waals surface area contributed by atoms with Crippen LogP contribution in [0, 0.1) is 0 Å². The molecule has 1 heterocycles. The molecule has 0 spiro atoms. The van der Waals surface area contributed by atoms with E-state index in [2.05, 4.69) is 30.3 Å². The molecule has 2 aromatic rings. The lowest BCUT2D eigenvalue weighted by molar-refractivity contribution is 0.498. The van der Waals surface area contributed by atoms with Crippen molar-refractivity contribution < 1.29 is 4.42 Å². The predicted molar refractivity (Wildman–Crippen MR) is 61.8 cm³/mol. The molecule has 0 saturated carbocycles. The first kappa shape index (κ1) is 10.0. The summed E-state index contributed by atoms with van der Waals surface area (Å²) >= 11 is 0. The van der Waals surface area contributed by atoms with Gasteiger partial charge < -0.3 is 4.42 Å². The van der Waals surface area contributed by atoms with Crippen LogP contribution in [0.2, 0.25) is 0 Å². The molecule has 78 valence electrons. The third-order valence-corrected chi connectivity index (χ3v) is 2.56. The van der Waals surface area contributed by atoms with Gasteiger partial charge in [-0.25, -0.2) is 0 Å². The summed E-state index contributed by atoms with van der Waals surface area (Å²) in [6.07, 6.45) is 6.39. The second-order valence-electron chi connectivity index (χ2n) is 3.77. The number of aryl methyl sites for hydroxylation is 2. The van der Waals surface area contributed by atoms with Gasteiger partial charge in [0.15, 0.2) is 0 Å². The summed E-state index contributed by atoms with van der Waals surface area (Å²) in [5.74, 6) is 1.10. The molecule has 0 aliphatic heterocycles. The summed E-state index contributed by atoms with van der Waals surface area (Å²) in [6, 6.07) is 14.6. The van der Waals surface area contributed by atoms with Gasteiger partial charge in [0, 0.05) is 6.42 Å². The minimum atomic E-state index is 1.06. The fourth-order valence-corrected chi connectivity index (χ4v) is 1.73. The normalized spacial score (nSPS) is 10.4. The lowest BCUT2D eigenvalue weighted by Gasteiger charge is -2.00. The number of rotatable bonds is 5. The Morgan fingerprint density at radius 1 is 0.800 bits per heavy atom. The molecule has 15 heavy (non-hydrogen) atoms. The van der Waals surface area contributed by atoms with E-state index in [1.807, 2.05) is 12.1 Å². The molecule has 1 aromatic heterocycles. The number of unbranched alkanes of at least 4 members (excludes halogenated alkanes) is 1. The van der Waals surface area contributed by atoms with Crippen molar-refractivity contribution >= 4 is 0 Å². The molecule has 1 heteroatoms. The van der Waals surface area contributed by atoms with Gasteiger partial charge in [-0.3, -0.25) is 0 Å². The summed E-state index contributed by atoms with van der Waals surface area (Å²) in [6.45, 7) is 0. The van der Waals surface area contributed by atoms with Gasteiger partial charge in [0.25, 0.3) is 0 Å². The highest BCUT2D eigenvalue weighted by Crippen LogP contribution is 2.09. The number of furan rings is 1. The average molecular weight is 200 g/mol. The molecule has 0 N–H and O–H groups in total. The van der Waals surface area contributed by atoms with Crippen LogP contribution < -0.4 is 0 Å². The SMILES string of the molecule is c1ccc(CCCCc2ccco2)cc1. The standard InChI is InChI=1S/C14H16O/c1-2-7-13(8-3-1)9-4-5-10-14-11-6-12-15-14/h1-3,6-8,11-12H,4-5,9-10H2. The smallest absolute Gasteiger partial charge is 0.103 e. The minimum absolute atomic E-state index is 1.06. The third-order valence-electron chi connectivity index (χ3n) is 2.56. The Labute approximate surface area is 90.7 Å². The van der Waals surface area contributed by atoms with Crippen molar-refractivity contribution in [3.8, 4) is 0 Å². The Balaban J connectivity index is 1.68. The molecular weight excluding hydrogens is 184 g/mol. The maximum atomic E-state index is 5.29. The quantitative estimate of drug-likeness (QED) is 0.668. The van der Waals surface area contributed by atoms with Crippen LogP contribution in [0.3, 0.4) is 0 Å². The summed E-state index contributed by atoms with van der Waals surface area (Å²) in [7, 11) is 0. The molecule has 0 bridgehead atoms. The van der Waals surface area contributed by atoms with Crippen LogP contribution in [-0.4, -0.2) is 0 Å². The van der Waals surface area contributed by atoms with Gasteiger partial charge in [-0.15, -0.1) is 0 Å². The zero-order valence-corrected chi connectivity index (χ0v) is 8.86. The summed E-state index contributed by atoms with van der Waals surface area (Å²) in [4.78, 5) is 0. The first-order chi connectivity index (χ1) is 7.45. The predicted octanol–water partition coefficient (Wildman–Crippen LogP) is 3.85. The molecule has 0 aliphatic carbocycles. The van der Waals surface area contributed by atoms with Crippen LogP contribution in [0.15, 0.2) is 53.1 Å². The molecule has 0 saturated heterocycles. The van der Waals surface area contributed by atoms with Gasteiger partial charge in [-0.1, -0.05) is 30.3 Å². The highest BCUT2D eigenvalue weighted by Gasteiger charge is 1.96. The highest BCUT2D eigenvalue weighted by molar-refractivity contribution is 5.14. The van der Waals surface area contributed by atoms with Crippen LogP contribution in [0.25, 0.3) is 0 Å². The van der Waals surface area contributed by atoms with E-state index in [1.54, 1.807) is 6.26 Å². The van der Waals surface area contributed by atoms with E-state index < -0.39 is 0 Å². The van der Waals surface area contributed by atoms with Crippen molar-refractivity contribution in [2.75, 3.05) is 0 Å². The minimum Gasteiger partial charge on any atom is -0.469 e. The van der Waals surface area contributed by atoms with Gasteiger partial charge in [0.1, 0.15) is 5.76 Å². The molecule has 0 atom stereocenters. The topological polar surface area (TPSA) is 13.1 Å². The first-order valence-electron chi connectivity index (χ1n) is 5.51. The fraction of sp³-hybridized carbons (Fsp3) is 0.286. The Morgan fingerprint density at radius 3 is 2.33 bits per heavy atom. The third kappa shape index (κ3) is 3.28. The maximum absolute atomic E-state index is 5.29. The highest BCUT2D eigenvalue weighted by atomic mass is 16.3. The monoisotopic (exact) mass is 200 g/mol. The van der Waals surface area contributed by atoms with Crippen LogP contribution in [0.1, 0.15) is 24.2 Å². The van der Waals surface area contributed by atoms with Crippen LogP contribution in [-0.2, 0) is 12.8 Å². The molecule has 0 unspecified atom stereocenters. The Morgan fingerprint density at radius 2 is 1.60 bits per heavy atom. The van der Waals surface area contributed by atoms with Gasteiger partial charge in [-0.05, 0) is 37.0 Å². The molecule has 2 rings (SSSR count). The van der Waals surface area contributed by atoms with E-state index in [0.717, 1.165) is 12.2 Å². The molecule has 0 fully saturated rings. The fourth-order valence-electron chi connectivity index (χ4n) is 1.73. The van der Waals surface area contributed by atoms with Gasteiger partial charge >= 0.3 is 0 Å².